The summed E-state index contributed by atoms with van der Waals surface area (Å²) < 4.78 is 28.2. The van der Waals surface area contributed by atoms with Gasteiger partial charge in [0, 0.05) is 29.9 Å². The van der Waals surface area contributed by atoms with E-state index in [0.29, 0.717) is 35.6 Å². The second kappa shape index (κ2) is 9.12. The Hall–Kier alpha value is -0.960. The number of thiophene rings is 1. The van der Waals surface area contributed by atoms with Crippen molar-refractivity contribution in [2.24, 2.45) is 5.92 Å². The van der Waals surface area contributed by atoms with Gasteiger partial charge >= 0.3 is 0 Å². The Morgan fingerprint density at radius 3 is 2.84 bits per heavy atom. The van der Waals surface area contributed by atoms with E-state index in [2.05, 4.69) is 22.3 Å². The van der Waals surface area contributed by atoms with E-state index in [1.165, 1.54) is 11.3 Å². The van der Waals surface area contributed by atoms with Gasteiger partial charge in [-0.2, -0.15) is 0 Å². The Balaban J connectivity index is 1.85. The van der Waals surface area contributed by atoms with E-state index in [1.54, 1.807) is 6.07 Å². The fraction of sp³-hybridized carbons (Fsp3) is 0.706. The molecule has 0 radical (unpaired) electrons. The number of sulfonamides is 1. The molecule has 0 bridgehead atoms. The Morgan fingerprint density at radius 2 is 2.16 bits per heavy atom. The van der Waals surface area contributed by atoms with Crippen molar-refractivity contribution >= 4 is 27.3 Å². The molecule has 0 spiro atoms. The van der Waals surface area contributed by atoms with Crippen LogP contribution < -0.4 is 15.4 Å². The van der Waals surface area contributed by atoms with Crippen LogP contribution in [0.2, 0.25) is 0 Å². The average Bonchev–Trinajstić information content (AvgIpc) is 2.95. The molecular formula is C17H29N3O3S2. The van der Waals surface area contributed by atoms with Crippen molar-refractivity contribution in [3.63, 3.8) is 0 Å². The Morgan fingerprint density at radius 1 is 1.40 bits per heavy atom. The molecule has 2 atom stereocenters. The van der Waals surface area contributed by atoms with Gasteiger partial charge in [0.2, 0.25) is 15.9 Å². The molecule has 3 N–H and O–H groups in total. The van der Waals surface area contributed by atoms with E-state index in [1.807, 2.05) is 19.9 Å². The molecule has 1 aromatic heterocycles. The van der Waals surface area contributed by atoms with Crippen LogP contribution in [0.15, 0.2) is 16.3 Å². The number of carbonyl (C=O) groups excluding carboxylic acids is 1. The van der Waals surface area contributed by atoms with E-state index < -0.39 is 10.0 Å². The molecule has 142 valence electrons. The maximum Gasteiger partial charge on any atom is 0.250 e. The molecule has 1 aliphatic rings. The van der Waals surface area contributed by atoms with Crippen molar-refractivity contribution in [3.8, 4) is 0 Å². The third-order valence-electron chi connectivity index (χ3n) is 4.13. The molecule has 25 heavy (non-hydrogen) atoms. The number of hydrogen-bond donors (Lipinski definition) is 3. The molecule has 1 saturated heterocycles. The van der Waals surface area contributed by atoms with Crippen molar-refractivity contribution in [2.75, 3.05) is 13.1 Å². The summed E-state index contributed by atoms with van der Waals surface area (Å²) in [5.41, 5.74) is 0. The second-order valence-corrected chi connectivity index (χ2v) is 10.2. The topological polar surface area (TPSA) is 87.3 Å². The van der Waals surface area contributed by atoms with Gasteiger partial charge in [0.15, 0.2) is 0 Å². The quantitative estimate of drug-likeness (QED) is 0.635. The molecule has 8 heteroatoms. The van der Waals surface area contributed by atoms with Gasteiger partial charge in [-0.25, -0.2) is 13.1 Å². The van der Waals surface area contributed by atoms with E-state index in [0.717, 1.165) is 24.3 Å². The third kappa shape index (κ3) is 6.69. The minimum Gasteiger partial charge on any atom is -0.356 e. The fourth-order valence-electron chi connectivity index (χ4n) is 2.92. The van der Waals surface area contributed by atoms with Gasteiger partial charge in [0.1, 0.15) is 4.21 Å². The van der Waals surface area contributed by atoms with Crippen molar-refractivity contribution in [1.29, 1.82) is 0 Å². The highest BCUT2D eigenvalue weighted by molar-refractivity contribution is 7.91. The molecule has 1 amide bonds. The zero-order chi connectivity index (χ0) is 18.4. The Kier molecular flexibility index (Phi) is 7.42. The Labute approximate surface area is 154 Å². The van der Waals surface area contributed by atoms with E-state index in [9.17, 15) is 13.2 Å². The molecule has 2 rings (SSSR count). The summed E-state index contributed by atoms with van der Waals surface area (Å²) in [7, 11) is -3.47. The molecule has 0 saturated carbocycles. The van der Waals surface area contributed by atoms with Gasteiger partial charge in [-0.15, -0.1) is 11.3 Å². The normalized spacial score (nSPS) is 21.4. The highest BCUT2D eigenvalue weighted by atomic mass is 32.2. The summed E-state index contributed by atoms with van der Waals surface area (Å²) in [6.45, 7) is 7.44. The predicted molar refractivity (Wildman–Crippen MR) is 101 cm³/mol. The SMILES string of the molecule is CC(C)CC(=O)NCCc1ccc(S(=O)(=O)NC2CCNC(C)C2)s1. The van der Waals surface area contributed by atoms with Crippen LogP contribution >= 0.6 is 11.3 Å². The number of hydrogen-bond acceptors (Lipinski definition) is 5. The average molecular weight is 388 g/mol. The molecule has 0 aromatic carbocycles. The maximum absolute atomic E-state index is 12.5. The lowest BCUT2D eigenvalue weighted by atomic mass is 10.0. The maximum atomic E-state index is 12.5. The monoisotopic (exact) mass is 387 g/mol. The summed E-state index contributed by atoms with van der Waals surface area (Å²) >= 11 is 1.28. The molecule has 2 heterocycles. The number of piperidine rings is 1. The standard InChI is InChI=1S/C17H29N3O3S2/c1-12(2)10-16(21)19-9-7-15-4-5-17(24-15)25(22,23)20-14-6-8-18-13(3)11-14/h4-5,12-14,18,20H,6-11H2,1-3H3,(H,19,21). The Bertz CT molecular complexity index is 670. The molecule has 1 aromatic rings. The van der Waals surface area contributed by atoms with Crippen LogP contribution in [0, 0.1) is 5.92 Å². The van der Waals surface area contributed by atoms with Crippen LogP contribution in [0.1, 0.15) is 44.9 Å². The predicted octanol–water partition coefficient (Wildman–Crippen LogP) is 1.87. The summed E-state index contributed by atoms with van der Waals surface area (Å²) in [6, 6.07) is 3.80. The molecule has 2 unspecified atom stereocenters. The molecule has 6 nitrogen and oxygen atoms in total. The van der Waals surface area contributed by atoms with E-state index in [4.69, 9.17) is 0 Å². The zero-order valence-electron chi connectivity index (χ0n) is 15.2. The number of nitrogens with one attached hydrogen (secondary N) is 3. The number of amides is 1. The van der Waals surface area contributed by atoms with Gasteiger partial charge in [0.25, 0.3) is 0 Å². The minimum absolute atomic E-state index is 0.0119. The van der Waals surface area contributed by atoms with E-state index in [-0.39, 0.29) is 11.9 Å². The lowest BCUT2D eigenvalue weighted by Crippen LogP contribution is -2.46. The van der Waals surface area contributed by atoms with Crippen molar-refractivity contribution in [1.82, 2.24) is 15.4 Å². The van der Waals surface area contributed by atoms with Gasteiger partial charge < -0.3 is 10.6 Å². The first kappa shape index (κ1) is 20.4. The van der Waals surface area contributed by atoms with Crippen LogP contribution in [-0.4, -0.2) is 39.5 Å². The van der Waals surface area contributed by atoms with Gasteiger partial charge in [-0.1, -0.05) is 13.8 Å². The van der Waals surface area contributed by atoms with Crippen molar-refractivity contribution in [2.45, 2.75) is 62.7 Å². The summed E-state index contributed by atoms with van der Waals surface area (Å²) in [4.78, 5) is 12.6. The smallest absolute Gasteiger partial charge is 0.250 e. The second-order valence-electron chi connectivity index (χ2n) is 7.12. The summed E-state index contributed by atoms with van der Waals surface area (Å²) in [5.74, 6) is 0.378. The molecule has 1 aliphatic heterocycles. The fourth-order valence-corrected chi connectivity index (χ4v) is 5.58. The van der Waals surface area contributed by atoms with Crippen LogP contribution in [0.4, 0.5) is 0 Å². The van der Waals surface area contributed by atoms with Crippen LogP contribution in [0.3, 0.4) is 0 Å². The third-order valence-corrected chi connectivity index (χ3v) is 7.29. The lowest BCUT2D eigenvalue weighted by Gasteiger charge is -2.28. The highest BCUT2D eigenvalue weighted by Gasteiger charge is 2.25. The first-order chi connectivity index (χ1) is 11.8. The largest absolute Gasteiger partial charge is 0.356 e. The van der Waals surface area contributed by atoms with Crippen LogP contribution in [-0.2, 0) is 21.2 Å². The molecule has 1 fully saturated rings. The van der Waals surface area contributed by atoms with Crippen LogP contribution in [0.25, 0.3) is 0 Å². The molecular weight excluding hydrogens is 358 g/mol. The first-order valence-electron chi connectivity index (χ1n) is 8.87. The summed E-state index contributed by atoms with van der Waals surface area (Å²) in [5, 5.41) is 6.20. The van der Waals surface area contributed by atoms with Gasteiger partial charge in [-0.3, -0.25) is 4.79 Å². The van der Waals surface area contributed by atoms with E-state index >= 15 is 0 Å². The van der Waals surface area contributed by atoms with Crippen molar-refractivity contribution in [3.05, 3.63) is 17.0 Å². The number of rotatable bonds is 8. The summed E-state index contributed by atoms with van der Waals surface area (Å²) in [6.07, 6.45) is 2.78. The number of carbonyl (C=O) groups is 1. The minimum atomic E-state index is -3.47. The first-order valence-corrected chi connectivity index (χ1v) is 11.2. The van der Waals surface area contributed by atoms with Gasteiger partial charge in [0.05, 0.1) is 0 Å². The lowest BCUT2D eigenvalue weighted by molar-refractivity contribution is -0.121. The van der Waals surface area contributed by atoms with Crippen molar-refractivity contribution < 1.29 is 13.2 Å². The van der Waals surface area contributed by atoms with Gasteiger partial charge in [-0.05, 0) is 50.8 Å². The van der Waals surface area contributed by atoms with Crippen LogP contribution in [0.5, 0.6) is 0 Å². The highest BCUT2D eigenvalue weighted by Crippen LogP contribution is 2.23. The molecule has 0 aliphatic carbocycles. The zero-order valence-corrected chi connectivity index (χ0v) is 16.8.